The van der Waals surface area contributed by atoms with Crippen molar-refractivity contribution in [3.05, 3.63) is 362 Å². The minimum Gasteiger partial charge on any atom is -0.345 e. The summed E-state index contributed by atoms with van der Waals surface area (Å²) in [5, 5.41) is 13.7. The fourth-order valence-electron chi connectivity index (χ4n) is 18.1. The fraction of sp³-hybridized carbons (Fsp3) is 0.165. The van der Waals surface area contributed by atoms with Crippen LogP contribution in [0, 0.1) is 0 Å². The molecular weight excluding hydrogens is 1350 g/mol. The molecule has 15 aromatic carbocycles. The van der Waals surface area contributed by atoms with Gasteiger partial charge in [0.25, 0.3) is 0 Å². The second-order valence-electron chi connectivity index (χ2n) is 31.9. The van der Waals surface area contributed by atoms with Crippen molar-refractivity contribution in [2.24, 2.45) is 14.1 Å². The molecule has 0 unspecified atom stereocenters. The summed E-state index contributed by atoms with van der Waals surface area (Å²) >= 11 is 0. The molecule has 0 spiro atoms. The molecule has 110 heavy (non-hydrogen) atoms. The van der Waals surface area contributed by atoms with Gasteiger partial charge < -0.3 is 28.7 Å². The molecule has 17 aromatic rings. The van der Waals surface area contributed by atoms with Gasteiger partial charge in [0.05, 0.1) is 5.52 Å². The molecule has 0 aliphatic carbocycles. The average Bonchev–Trinajstić information content (AvgIpc) is 1.25. The predicted molar refractivity (Wildman–Crippen MR) is 479 cm³/mol. The number of fused-ring (bicyclic) bond motifs is 21. The summed E-state index contributed by atoms with van der Waals surface area (Å²) in [7, 11) is 11.4. The quantitative estimate of drug-likeness (QED) is 0.141. The Labute approximate surface area is 651 Å². The first-order chi connectivity index (χ1) is 53.2. The van der Waals surface area contributed by atoms with Crippen LogP contribution in [0.15, 0.2) is 340 Å². The van der Waals surface area contributed by atoms with Gasteiger partial charge in [-0.05, 0) is 127 Å². The van der Waals surface area contributed by atoms with E-state index < -0.39 is 8.07 Å². The van der Waals surface area contributed by atoms with Crippen molar-refractivity contribution in [3.8, 4) is 22.3 Å². The van der Waals surface area contributed by atoms with E-state index in [1.165, 1.54) is 155 Å². The molecule has 0 bridgehead atoms. The lowest BCUT2D eigenvalue weighted by Gasteiger charge is -2.42. The van der Waals surface area contributed by atoms with Gasteiger partial charge in [-0.2, -0.15) is 0 Å². The van der Waals surface area contributed by atoms with Crippen LogP contribution in [0.1, 0.15) is 63.8 Å². The van der Waals surface area contributed by atoms with Gasteiger partial charge in [0.1, 0.15) is 8.07 Å². The third-order valence-corrected chi connectivity index (χ3v) is 28.4. The van der Waals surface area contributed by atoms with Gasteiger partial charge in [-0.3, -0.25) is 0 Å². The molecule has 0 fully saturated rings. The maximum Gasteiger partial charge on any atom is 0.117 e. The van der Waals surface area contributed by atoms with Crippen LogP contribution in [0.4, 0.5) is 45.5 Å². The second-order valence-corrected chi connectivity index (χ2v) is 36.3. The first-order valence-electron chi connectivity index (χ1n) is 38.7. The standard InChI is InChI=1S/C21H15N.C19H15N.C19H23N.C16H17N.C15H17NSi.C13H11N/c1-22-19-13-11-14-6-2-4-8-16(14)20(19)18-12-10-15-7-3-5-9-17(15)21(18)22;1-20-18-12-6-4-10-16(18)14-8-2-3-9-15(14)17-11-5-7-13-19(17)20;1-18(2)14-10-6-8-12-16(14)20(5)17-13-9-7-11-15(17)19(18,3)4;1-16(2)12-8-4-6-10-14(12)17(3)15-11-7-5-9-13(15)16;1-16-12-8-4-6-10-14(12)17(2,3)15-11-7-5-9-13(15)16;1-14-12-8-4-2-6-10(12)11-7-3-5-9-13(11)14/h2-13H,1H3;2-13H,1H3;6-13H,1-5H3;2*4-11H,1-3H3;2-9H,1H3. The highest BCUT2D eigenvalue weighted by Gasteiger charge is 2.45. The smallest absolute Gasteiger partial charge is 0.117 e. The Morgan fingerprint density at radius 1 is 0.227 bits per heavy atom. The van der Waals surface area contributed by atoms with Gasteiger partial charge >= 0.3 is 0 Å². The Balaban J connectivity index is 0.000000101. The number of para-hydroxylation sites is 10. The molecule has 0 N–H and O–H groups in total. The van der Waals surface area contributed by atoms with E-state index in [4.69, 9.17) is 0 Å². The van der Waals surface area contributed by atoms with E-state index >= 15 is 0 Å². The van der Waals surface area contributed by atoms with E-state index in [0.29, 0.717) is 0 Å². The number of aromatic nitrogens is 2. The molecule has 0 saturated carbocycles. The van der Waals surface area contributed by atoms with Crippen LogP contribution in [-0.4, -0.2) is 45.4 Å². The Kier molecular flexibility index (Phi) is 18.8. The van der Waals surface area contributed by atoms with Gasteiger partial charge in [-0.25, -0.2) is 0 Å². The molecule has 21 rings (SSSR count). The number of rotatable bonds is 0. The van der Waals surface area contributed by atoms with Gasteiger partial charge in [-0.1, -0.05) is 328 Å². The molecule has 0 amide bonds. The maximum atomic E-state index is 2.44. The van der Waals surface area contributed by atoms with Crippen LogP contribution in [0.5, 0.6) is 0 Å². The van der Waals surface area contributed by atoms with Crippen molar-refractivity contribution >= 4 is 129 Å². The summed E-state index contributed by atoms with van der Waals surface area (Å²) in [5.74, 6) is 0. The number of anilines is 8. The fourth-order valence-corrected chi connectivity index (χ4v) is 21.2. The summed E-state index contributed by atoms with van der Waals surface area (Å²) < 4.78 is 4.57. The first-order valence-corrected chi connectivity index (χ1v) is 41.7. The van der Waals surface area contributed by atoms with Gasteiger partial charge in [0.2, 0.25) is 0 Å². The highest BCUT2D eigenvalue weighted by molar-refractivity contribution is 7.02. The Morgan fingerprint density at radius 3 is 1.00 bits per heavy atom. The van der Waals surface area contributed by atoms with Gasteiger partial charge in [0, 0.05) is 159 Å². The van der Waals surface area contributed by atoms with Crippen LogP contribution in [0.25, 0.3) is 87.4 Å². The van der Waals surface area contributed by atoms with Crippen molar-refractivity contribution in [2.75, 3.05) is 47.8 Å². The summed E-state index contributed by atoms with van der Waals surface area (Å²) in [6.45, 7) is 18.9. The molecule has 0 atom stereocenters. The Morgan fingerprint density at radius 2 is 0.536 bits per heavy atom. The zero-order valence-electron chi connectivity index (χ0n) is 66.0. The minimum atomic E-state index is -1.52. The highest BCUT2D eigenvalue weighted by Crippen LogP contribution is 2.54. The van der Waals surface area contributed by atoms with Gasteiger partial charge in [-0.15, -0.1) is 0 Å². The second kappa shape index (κ2) is 28.8. The summed E-state index contributed by atoms with van der Waals surface area (Å²) in [4.78, 5) is 9.23. The zero-order chi connectivity index (χ0) is 76.4. The normalized spacial score (nSPS) is 14.5. The topological polar surface area (TPSA) is 22.8 Å². The molecule has 6 nitrogen and oxygen atoms in total. The van der Waals surface area contributed by atoms with Crippen LogP contribution < -0.4 is 30.0 Å². The van der Waals surface area contributed by atoms with Crippen molar-refractivity contribution in [2.45, 2.75) is 70.9 Å². The average molecular weight is 1450 g/mol. The van der Waals surface area contributed by atoms with Crippen molar-refractivity contribution < 1.29 is 0 Å². The predicted octanol–water partition coefficient (Wildman–Crippen LogP) is 25.8. The number of benzene rings is 15. The Hall–Kier alpha value is -12.2. The van der Waals surface area contributed by atoms with E-state index in [2.05, 4.69) is 465 Å². The summed E-state index contributed by atoms with van der Waals surface area (Å²) in [5.41, 5.74) is 26.8. The largest absolute Gasteiger partial charge is 0.345 e. The maximum absolute atomic E-state index is 2.44. The van der Waals surface area contributed by atoms with Crippen molar-refractivity contribution in [1.82, 2.24) is 9.13 Å². The minimum absolute atomic E-state index is 0.0739. The van der Waals surface area contributed by atoms with E-state index in [1.54, 1.807) is 10.4 Å². The third-order valence-electron chi connectivity index (χ3n) is 24.8. The molecule has 4 aliphatic heterocycles. The lowest BCUT2D eigenvalue weighted by Crippen LogP contribution is -2.58. The van der Waals surface area contributed by atoms with E-state index in [0.717, 1.165) is 0 Å². The molecule has 544 valence electrons. The number of hydrogen-bond donors (Lipinski definition) is 0. The number of aryl methyl sites for hydroxylation is 2. The SMILES string of the molecule is CN1c2ccccc2-c2ccccc2-c2ccccc21.CN1c2ccccc2C(C)(C)C(C)(C)c2ccccc21.CN1c2ccccc2C(C)(C)c2ccccc21.CN1c2ccccc2[Si](C)(C)c2ccccc21.Cn1c2ccc3ccccc3c2c2ccc3ccccc3c21.Cn1c2ccccc2c2ccccc21. The lowest BCUT2D eigenvalue weighted by molar-refractivity contribution is 0.307. The molecule has 7 heteroatoms. The molecule has 2 aromatic heterocycles. The van der Waals surface area contributed by atoms with E-state index in [-0.39, 0.29) is 16.2 Å². The van der Waals surface area contributed by atoms with E-state index in [1.807, 2.05) is 0 Å². The van der Waals surface area contributed by atoms with E-state index in [9.17, 15) is 0 Å². The highest BCUT2D eigenvalue weighted by atomic mass is 28.3. The lowest BCUT2D eigenvalue weighted by atomic mass is 9.61. The molecular formula is C103H98N6Si. The van der Waals surface area contributed by atoms with Gasteiger partial charge in [0.15, 0.2) is 0 Å². The zero-order valence-corrected chi connectivity index (χ0v) is 67.0. The molecule has 0 radical (unpaired) electrons. The summed E-state index contributed by atoms with van der Waals surface area (Å²) in [6.07, 6.45) is 0. The van der Waals surface area contributed by atoms with Crippen LogP contribution >= 0.6 is 0 Å². The molecule has 4 aliphatic rings. The summed E-state index contributed by atoms with van der Waals surface area (Å²) in [6, 6.07) is 122. The van der Waals surface area contributed by atoms with Crippen LogP contribution in [0.2, 0.25) is 13.1 Å². The third kappa shape index (κ3) is 12.2. The molecule has 6 heterocycles. The van der Waals surface area contributed by atoms with Crippen LogP contribution in [-0.2, 0) is 30.3 Å². The van der Waals surface area contributed by atoms with Crippen molar-refractivity contribution in [3.63, 3.8) is 0 Å². The number of nitrogens with zero attached hydrogens (tertiary/aromatic N) is 6. The molecule has 0 saturated heterocycles. The first kappa shape index (κ1) is 72.1. The van der Waals surface area contributed by atoms with Crippen LogP contribution in [0.3, 0.4) is 0 Å². The van der Waals surface area contributed by atoms with Crippen molar-refractivity contribution in [1.29, 1.82) is 0 Å². The monoisotopic (exact) mass is 1450 g/mol. The number of hydrogen-bond acceptors (Lipinski definition) is 4. The Bertz CT molecular complexity index is 5940.